The van der Waals surface area contributed by atoms with Crippen molar-refractivity contribution in [1.29, 1.82) is 0 Å². The van der Waals surface area contributed by atoms with Crippen molar-refractivity contribution in [3.05, 3.63) is 26.6 Å². The lowest BCUT2D eigenvalue weighted by Gasteiger charge is -2.02. The molecule has 1 heterocycles. The predicted molar refractivity (Wildman–Crippen MR) is 54.0 cm³/mol. The van der Waals surface area contributed by atoms with Crippen molar-refractivity contribution in [3.63, 3.8) is 0 Å². The van der Waals surface area contributed by atoms with Gasteiger partial charge in [-0.25, -0.2) is 4.68 Å². The van der Waals surface area contributed by atoms with E-state index in [2.05, 4.69) is 5.10 Å². The van der Waals surface area contributed by atoms with Crippen molar-refractivity contribution < 1.29 is 4.79 Å². The molecule has 0 aliphatic heterocycles. The summed E-state index contributed by atoms with van der Waals surface area (Å²) in [4.78, 5) is 21.8. The van der Waals surface area contributed by atoms with E-state index in [1.165, 1.54) is 6.20 Å². The number of halogens is 3. The van der Waals surface area contributed by atoms with E-state index >= 15 is 0 Å². The Labute approximate surface area is 94.4 Å². The fraction of sp³-hybridized carbons (Fsp3) is 0.286. The molecule has 0 aromatic carbocycles. The molecule has 7 heteroatoms. The Kier molecular flexibility index (Phi) is 3.92. The second-order valence-corrected chi connectivity index (χ2v) is 3.65. The van der Waals surface area contributed by atoms with Crippen molar-refractivity contribution in [2.75, 3.05) is 0 Å². The Morgan fingerprint density at radius 1 is 1.50 bits per heavy atom. The van der Waals surface area contributed by atoms with E-state index in [1.807, 2.05) is 0 Å². The van der Waals surface area contributed by atoms with Crippen molar-refractivity contribution in [3.8, 4) is 0 Å². The average Bonchev–Trinajstić information content (AvgIpc) is 2.13. The summed E-state index contributed by atoms with van der Waals surface area (Å²) in [5.41, 5.74) is -0.530. The van der Waals surface area contributed by atoms with Gasteiger partial charge in [-0.15, -0.1) is 0 Å². The summed E-state index contributed by atoms with van der Waals surface area (Å²) >= 11 is 16.2. The second-order valence-electron chi connectivity index (χ2n) is 2.44. The molecule has 0 N–H and O–H groups in total. The zero-order chi connectivity index (χ0) is 10.7. The number of nitrogens with zero attached hydrogens (tertiary/aromatic N) is 2. The number of aryl methyl sites for hydroxylation is 1. The molecule has 0 unspecified atom stereocenters. The molecule has 14 heavy (non-hydrogen) atoms. The van der Waals surface area contributed by atoms with Crippen LogP contribution in [0.3, 0.4) is 0 Å². The summed E-state index contributed by atoms with van der Waals surface area (Å²) in [6, 6.07) is 0. The zero-order valence-corrected chi connectivity index (χ0v) is 9.10. The molecule has 0 amide bonds. The highest BCUT2D eigenvalue weighted by atomic mass is 35.5. The van der Waals surface area contributed by atoms with Gasteiger partial charge in [0.05, 0.1) is 17.8 Å². The lowest BCUT2D eigenvalue weighted by molar-refractivity contribution is -0.111. The van der Waals surface area contributed by atoms with E-state index in [1.54, 1.807) is 0 Å². The van der Waals surface area contributed by atoms with Gasteiger partial charge in [0.25, 0.3) is 5.56 Å². The molecule has 0 aliphatic carbocycles. The largest absolute Gasteiger partial charge is 0.287 e. The van der Waals surface area contributed by atoms with Crippen LogP contribution in [-0.2, 0) is 11.3 Å². The molecule has 1 rings (SSSR count). The van der Waals surface area contributed by atoms with Gasteiger partial charge >= 0.3 is 0 Å². The number of hydrogen-bond acceptors (Lipinski definition) is 3. The first-order valence-electron chi connectivity index (χ1n) is 3.62. The maximum atomic E-state index is 11.3. The van der Waals surface area contributed by atoms with Crippen molar-refractivity contribution in [1.82, 2.24) is 9.78 Å². The number of hydrogen-bond donors (Lipinski definition) is 0. The standard InChI is InChI=1S/C7H5Cl3N2O2/c8-4-3-11-12(2-1-5(9)13)7(14)6(4)10/h3H,1-2H2. The van der Waals surface area contributed by atoms with E-state index in [0.29, 0.717) is 0 Å². The van der Waals surface area contributed by atoms with Crippen LogP contribution in [-0.4, -0.2) is 15.0 Å². The molecule has 0 bridgehead atoms. The van der Waals surface area contributed by atoms with Gasteiger partial charge < -0.3 is 0 Å². The minimum absolute atomic E-state index is 0.0203. The smallest absolute Gasteiger partial charge is 0.281 e. The van der Waals surface area contributed by atoms with Crippen LogP contribution in [0.4, 0.5) is 0 Å². The number of carbonyl (C=O) groups is 1. The van der Waals surface area contributed by atoms with Crippen LogP contribution >= 0.6 is 34.8 Å². The Morgan fingerprint density at radius 2 is 2.14 bits per heavy atom. The van der Waals surface area contributed by atoms with Gasteiger partial charge in [0, 0.05) is 6.42 Å². The summed E-state index contributed by atoms with van der Waals surface area (Å²) in [6.45, 7) is 0.0953. The first-order valence-corrected chi connectivity index (χ1v) is 4.75. The minimum Gasteiger partial charge on any atom is -0.281 e. The molecule has 1 aromatic rings. The van der Waals surface area contributed by atoms with Crippen molar-refractivity contribution in [2.24, 2.45) is 0 Å². The van der Waals surface area contributed by atoms with E-state index < -0.39 is 10.8 Å². The van der Waals surface area contributed by atoms with Crippen LogP contribution in [0.25, 0.3) is 0 Å². The molecular weight excluding hydrogens is 250 g/mol. The summed E-state index contributed by atoms with van der Waals surface area (Å²) < 4.78 is 1.04. The molecule has 76 valence electrons. The van der Waals surface area contributed by atoms with Gasteiger partial charge in [-0.05, 0) is 11.6 Å². The lowest BCUT2D eigenvalue weighted by Crippen LogP contribution is -2.23. The van der Waals surface area contributed by atoms with Gasteiger partial charge in [0.2, 0.25) is 5.24 Å². The number of aromatic nitrogens is 2. The maximum absolute atomic E-state index is 11.3. The van der Waals surface area contributed by atoms with Gasteiger partial charge in [-0.1, -0.05) is 23.2 Å². The summed E-state index contributed by atoms with van der Waals surface area (Å²) in [5.74, 6) is 0. The lowest BCUT2D eigenvalue weighted by atomic mass is 10.4. The molecule has 0 spiro atoms. The molecular formula is C7H5Cl3N2O2. The number of carbonyl (C=O) groups excluding carboxylic acids is 1. The van der Waals surface area contributed by atoms with Crippen molar-refractivity contribution in [2.45, 2.75) is 13.0 Å². The molecule has 0 saturated carbocycles. The van der Waals surface area contributed by atoms with Gasteiger partial charge in [-0.2, -0.15) is 5.10 Å². The van der Waals surface area contributed by atoms with Gasteiger partial charge in [-0.3, -0.25) is 9.59 Å². The highest BCUT2D eigenvalue weighted by Crippen LogP contribution is 2.14. The van der Waals surface area contributed by atoms with E-state index in [4.69, 9.17) is 34.8 Å². The van der Waals surface area contributed by atoms with Crippen LogP contribution in [0.15, 0.2) is 11.0 Å². The van der Waals surface area contributed by atoms with E-state index in [-0.39, 0.29) is 23.0 Å². The monoisotopic (exact) mass is 254 g/mol. The third-order valence-electron chi connectivity index (χ3n) is 1.46. The van der Waals surface area contributed by atoms with Crippen LogP contribution in [0.1, 0.15) is 6.42 Å². The van der Waals surface area contributed by atoms with Crippen LogP contribution in [0.2, 0.25) is 10.0 Å². The fourth-order valence-electron chi connectivity index (χ4n) is 0.798. The average molecular weight is 255 g/mol. The van der Waals surface area contributed by atoms with Crippen LogP contribution in [0.5, 0.6) is 0 Å². The van der Waals surface area contributed by atoms with Gasteiger partial charge in [0.15, 0.2) is 0 Å². The van der Waals surface area contributed by atoms with Gasteiger partial charge in [0.1, 0.15) is 5.02 Å². The predicted octanol–water partition coefficient (Wildman–Crippen LogP) is 1.71. The Morgan fingerprint density at radius 3 is 2.71 bits per heavy atom. The van der Waals surface area contributed by atoms with E-state index in [0.717, 1.165) is 4.68 Å². The molecule has 1 aromatic heterocycles. The molecule has 4 nitrogen and oxygen atoms in total. The maximum Gasteiger partial charge on any atom is 0.287 e. The molecule has 0 saturated heterocycles. The molecule has 0 aliphatic rings. The topological polar surface area (TPSA) is 52.0 Å². The normalized spacial score (nSPS) is 10.2. The zero-order valence-electron chi connectivity index (χ0n) is 6.84. The Bertz CT molecular complexity index is 416. The molecule has 0 fully saturated rings. The first kappa shape index (κ1) is 11.5. The van der Waals surface area contributed by atoms with E-state index in [9.17, 15) is 9.59 Å². The molecule has 0 atom stereocenters. The highest BCUT2D eigenvalue weighted by Gasteiger charge is 2.07. The first-order chi connectivity index (χ1) is 6.52. The van der Waals surface area contributed by atoms with Crippen LogP contribution < -0.4 is 5.56 Å². The SMILES string of the molecule is O=C(Cl)CCn1ncc(Cl)c(Cl)c1=O. The Hall–Kier alpha value is -0.580. The minimum atomic E-state index is -0.537. The summed E-state index contributed by atoms with van der Waals surface area (Å²) in [6.07, 6.45) is 1.26. The summed E-state index contributed by atoms with van der Waals surface area (Å²) in [7, 11) is 0. The van der Waals surface area contributed by atoms with Crippen LogP contribution in [0, 0.1) is 0 Å². The number of rotatable bonds is 3. The molecule has 0 radical (unpaired) electrons. The van der Waals surface area contributed by atoms with Crippen molar-refractivity contribution >= 4 is 40.0 Å². The summed E-state index contributed by atoms with van der Waals surface area (Å²) in [5, 5.41) is 3.13. The highest BCUT2D eigenvalue weighted by molar-refractivity contribution is 6.63. The Balaban J connectivity index is 2.95. The third kappa shape index (κ3) is 2.70. The quantitative estimate of drug-likeness (QED) is 0.773. The third-order valence-corrected chi connectivity index (χ3v) is 2.40. The second kappa shape index (κ2) is 4.77. The fourth-order valence-corrected chi connectivity index (χ4v) is 1.15.